The molecule has 1 aromatic heterocycles. The van der Waals surface area contributed by atoms with Crippen LogP contribution in [0.15, 0.2) is 29.0 Å². The first-order valence-electron chi connectivity index (χ1n) is 6.86. The summed E-state index contributed by atoms with van der Waals surface area (Å²) < 4.78 is 0. The predicted molar refractivity (Wildman–Crippen MR) is 76.4 cm³/mol. The van der Waals surface area contributed by atoms with Gasteiger partial charge in [0.25, 0.3) is 0 Å². The van der Waals surface area contributed by atoms with Crippen LogP contribution in [-0.2, 0) is 16.0 Å². The van der Waals surface area contributed by atoms with Crippen molar-refractivity contribution in [3.8, 4) is 0 Å². The highest BCUT2D eigenvalue weighted by Gasteiger charge is 2.51. The summed E-state index contributed by atoms with van der Waals surface area (Å²) in [7, 11) is 0. The van der Waals surface area contributed by atoms with Crippen molar-refractivity contribution in [3.05, 3.63) is 34.5 Å². The molecule has 106 valence electrons. The minimum Gasteiger partial charge on any atom is -0.481 e. The molecule has 4 unspecified atom stereocenters. The normalized spacial score (nSPS) is 30.6. The fourth-order valence-electron chi connectivity index (χ4n) is 3.40. The van der Waals surface area contributed by atoms with Crippen molar-refractivity contribution < 1.29 is 14.7 Å². The van der Waals surface area contributed by atoms with Gasteiger partial charge in [-0.05, 0) is 47.1 Å². The number of thiophene rings is 1. The number of carboxylic acids is 1. The zero-order valence-corrected chi connectivity index (χ0v) is 11.8. The Morgan fingerprint density at radius 1 is 1.30 bits per heavy atom. The van der Waals surface area contributed by atoms with Gasteiger partial charge < -0.3 is 10.4 Å². The molecule has 2 aliphatic carbocycles. The van der Waals surface area contributed by atoms with Crippen molar-refractivity contribution in [1.29, 1.82) is 0 Å². The molecule has 2 bridgehead atoms. The zero-order valence-electron chi connectivity index (χ0n) is 11.0. The molecule has 0 saturated heterocycles. The smallest absolute Gasteiger partial charge is 0.307 e. The summed E-state index contributed by atoms with van der Waals surface area (Å²) in [6.45, 7) is 0.569. The third-order valence-electron chi connectivity index (χ3n) is 4.34. The Bertz CT molecular complexity index is 537. The van der Waals surface area contributed by atoms with Gasteiger partial charge in [0.05, 0.1) is 11.8 Å². The van der Waals surface area contributed by atoms with Crippen molar-refractivity contribution in [2.24, 2.45) is 23.7 Å². The first-order chi connectivity index (χ1) is 9.66. The van der Waals surface area contributed by atoms with Crippen molar-refractivity contribution in [1.82, 2.24) is 5.32 Å². The molecule has 4 nitrogen and oxygen atoms in total. The van der Waals surface area contributed by atoms with E-state index in [-0.39, 0.29) is 17.7 Å². The van der Waals surface area contributed by atoms with Crippen LogP contribution in [0.2, 0.25) is 0 Å². The van der Waals surface area contributed by atoms with E-state index in [0.717, 1.165) is 12.8 Å². The Labute approximate surface area is 121 Å². The number of rotatable bonds is 5. The number of hydrogen-bond acceptors (Lipinski definition) is 3. The molecule has 2 N–H and O–H groups in total. The highest BCUT2D eigenvalue weighted by atomic mass is 32.1. The van der Waals surface area contributed by atoms with Crippen LogP contribution in [0.3, 0.4) is 0 Å². The molecule has 2 aliphatic rings. The molecule has 1 heterocycles. The quantitative estimate of drug-likeness (QED) is 0.815. The number of amides is 1. The van der Waals surface area contributed by atoms with E-state index in [1.54, 1.807) is 11.3 Å². The standard InChI is InChI=1S/C15H17NO3S/c17-14(16-5-3-9-4-6-20-8-9)12-10-1-2-11(7-10)13(12)15(18)19/h1-2,4,6,8,10-13H,3,5,7H2,(H,16,17)(H,18,19). The maximum atomic E-state index is 12.3. The summed E-state index contributed by atoms with van der Waals surface area (Å²) in [5.41, 5.74) is 1.21. The van der Waals surface area contributed by atoms with Crippen LogP contribution < -0.4 is 5.32 Å². The Hall–Kier alpha value is -1.62. The fourth-order valence-corrected chi connectivity index (χ4v) is 4.10. The fraction of sp³-hybridized carbons (Fsp3) is 0.467. The minimum absolute atomic E-state index is 0.0325. The van der Waals surface area contributed by atoms with E-state index < -0.39 is 17.8 Å². The van der Waals surface area contributed by atoms with Crippen molar-refractivity contribution >= 4 is 23.2 Å². The van der Waals surface area contributed by atoms with Gasteiger partial charge in [-0.3, -0.25) is 9.59 Å². The Morgan fingerprint density at radius 3 is 2.70 bits per heavy atom. The lowest BCUT2D eigenvalue weighted by atomic mass is 9.82. The van der Waals surface area contributed by atoms with E-state index in [2.05, 4.69) is 10.7 Å². The van der Waals surface area contributed by atoms with E-state index in [1.165, 1.54) is 5.56 Å². The molecule has 5 heteroatoms. The number of aliphatic carboxylic acids is 1. The van der Waals surface area contributed by atoms with Crippen LogP contribution in [0.25, 0.3) is 0 Å². The lowest BCUT2D eigenvalue weighted by molar-refractivity contribution is -0.147. The molecule has 1 aromatic rings. The van der Waals surface area contributed by atoms with Gasteiger partial charge in [0.15, 0.2) is 0 Å². The summed E-state index contributed by atoms with van der Waals surface area (Å²) in [4.78, 5) is 23.6. The van der Waals surface area contributed by atoms with Crippen LogP contribution in [0.4, 0.5) is 0 Å². The van der Waals surface area contributed by atoms with Crippen LogP contribution in [0.1, 0.15) is 12.0 Å². The number of fused-ring (bicyclic) bond motifs is 2. The summed E-state index contributed by atoms with van der Waals surface area (Å²) in [6.07, 6.45) is 5.56. The number of allylic oxidation sites excluding steroid dienone is 2. The third kappa shape index (κ3) is 2.38. The second-order valence-electron chi connectivity index (χ2n) is 5.51. The SMILES string of the molecule is O=C(O)C1C2C=CC(C2)C1C(=O)NCCc1ccsc1. The molecule has 0 aromatic carbocycles. The Kier molecular flexibility index (Phi) is 3.61. The van der Waals surface area contributed by atoms with Gasteiger partial charge in [0.2, 0.25) is 5.91 Å². The Balaban J connectivity index is 1.59. The number of carbonyl (C=O) groups excluding carboxylic acids is 1. The topological polar surface area (TPSA) is 66.4 Å². The summed E-state index contributed by atoms with van der Waals surface area (Å²) in [6, 6.07) is 2.04. The van der Waals surface area contributed by atoms with Crippen molar-refractivity contribution in [3.63, 3.8) is 0 Å². The van der Waals surface area contributed by atoms with Gasteiger partial charge in [0.1, 0.15) is 0 Å². The largest absolute Gasteiger partial charge is 0.481 e. The summed E-state index contributed by atoms with van der Waals surface area (Å²) >= 11 is 1.64. The third-order valence-corrected chi connectivity index (χ3v) is 5.07. The lowest BCUT2D eigenvalue weighted by Gasteiger charge is -2.23. The van der Waals surface area contributed by atoms with Crippen LogP contribution in [0, 0.1) is 23.7 Å². The first-order valence-corrected chi connectivity index (χ1v) is 7.81. The second kappa shape index (κ2) is 5.40. The maximum Gasteiger partial charge on any atom is 0.307 e. The van der Waals surface area contributed by atoms with Crippen LogP contribution >= 0.6 is 11.3 Å². The van der Waals surface area contributed by atoms with Gasteiger partial charge in [-0.2, -0.15) is 11.3 Å². The average molecular weight is 291 g/mol. The average Bonchev–Trinajstić information content (AvgIpc) is 3.13. The molecule has 3 rings (SSSR count). The number of carbonyl (C=O) groups is 2. The zero-order chi connectivity index (χ0) is 14.1. The maximum absolute atomic E-state index is 12.3. The predicted octanol–water partition coefficient (Wildman–Crippen LogP) is 1.93. The van der Waals surface area contributed by atoms with E-state index in [0.29, 0.717) is 6.54 Å². The van der Waals surface area contributed by atoms with Crippen LogP contribution in [-0.4, -0.2) is 23.5 Å². The molecule has 4 atom stereocenters. The molecule has 1 amide bonds. The molecule has 0 radical (unpaired) electrons. The van der Waals surface area contributed by atoms with E-state index in [9.17, 15) is 14.7 Å². The lowest BCUT2D eigenvalue weighted by Crippen LogP contribution is -2.40. The van der Waals surface area contributed by atoms with E-state index in [4.69, 9.17) is 0 Å². The van der Waals surface area contributed by atoms with Gasteiger partial charge >= 0.3 is 5.97 Å². The summed E-state index contributed by atoms with van der Waals surface area (Å²) in [5.74, 6) is -1.77. The van der Waals surface area contributed by atoms with Crippen molar-refractivity contribution in [2.75, 3.05) is 6.54 Å². The number of carboxylic acid groups (broad SMARTS) is 1. The molecule has 1 saturated carbocycles. The van der Waals surface area contributed by atoms with Gasteiger partial charge in [-0.1, -0.05) is 12.2 Å². The first kappa shape index (κ1) is 13.4. The second-order valence-corrected chi connectivity index (χ2v) is 6.29. The van der Waals surface area contributed by atoms with E-state index in [1.807, 2.05) is 23.6 Å². The summed E-state index contributed by atoms with van der Waals surface area (Å²) in [5, 5.41) is 16.3. The number of nitrogens with one attached hydrogen (secondary N) is 1. The van der Waals surface area contributed by atoms with Gasteiger partial charge in [-0.15, -0.1) is 0 Å². The highest BCUT2D eigenvalue weighted by Crippen LogP contribution is 2.48. The molecule has 20 heavy (non-hydrogen) atoms. The molecule has 0 aliphatic heterocycles. The molecular formula is C15H17NO3S. The molecule has 0 spiro atoms. The van der Waals surface area contributed by atoms with E-state index >= 15 is 0 Å². The number of hydrogen-bond donors (Lipinski definition) is 2. The van der Waals surface area contributed by atoms with Gasteiger partial charge in [0, 0.05) is 6.54 Å². The highest BCUT2D eigenvalue weighted by molar-refractivity contribution is 7.07. The Morgan fingerprint density at radius 2 is 2.05 bits per heavy atom. The van der Waals surface area contributed by atoms with Gasteiger partial charge in [-0.25, -0.2) is 0 Å². The van der Waals surface area contributed by atoms with Crippen molar-refractivity contribution in [2.45, 2.75) is 12.8 Å². The molecule has 1 fully saturated rings. The monoisotopic (exact) mass is 291 g/mol. The molecular weight excluding hydrogens is 274 g/mol. The van der Waals surface area contributed by atoms with Crippen LogP contribution in [0.5, 0.6) is 0 Å². The minimum atomic E-state index is -0.847.